The number of carbonyl (C=O) groups is 1. The van der Waals surface area contributed by atoms with E-state index in [-0.39, 0.29) is 11.8 Å². The molecule has 0 bridgehead atoms. The molecule has 0 aromatic carbocycles. The second-order valence-corrected chi connectivity index (χ2v) is 5.56. The van der Waals surface area contributed by atoms with E-state index in [4.69, 9.17) is 0 Å². The fourth-order valence-corrected chi connectivity index (χ4v) is 2.53. The molecule has 3 nitrogen and oxygen atoms in total. The topological polar surface area (TPSA) is 32.3 Å². The number of carbonyl (C=O) groups excluding carboxylic acids is 1. The summed E-state index contributed by atoms with van der Waals surface area (Å²) in [6.45, 7) is 10.7. The molecule has 1 N–H and O–H groups in total. The lowest BCUT2D eigenvalue weighted by molar-refractivity contribution is -0.124. The van der Waals surface area contributed by atoms with E-state index in [1.54, 1.807) is 0 Å². The van der Waals surface area contributed by atoms with Crippen LogP contribution in [0.15, 0.2) is 0 Å². The highest BCUT2D eigenvalue weighted by molar-refractivity contribution is 5.78. The zero-order chi connectivity index (χ0) is 11.2. The summed E-state index contributed by atoms with van der Waals surface area (Å²) >= 11 is 0. The first-order chi connectivity index (χ1) is 7.00. The third-order valence-electron chi connectivity index (χ3n) is 3.79. The molecule has 15 heavy (non-hydrogen) atoms. The molecule has 2 unspecified atom stereocenters. The van der Waals surface area contributed by atoms with Gasteiger partial charge in [0.15, 0.2) is 0 Å². The second kappa shape index (κ2) is 3.78. The number of fused-ring (bicyclic) bond motifs is 1. The van der Waals surface area contributed by atoms with Crippen LogP contribution in [-0.4, -0.2) is 36.0 Å². The van der Waals surface area contributed by atoms with Crippen LogP contribution in [0.3, 0.4) is 0 Å². The molecule has 3 heteroatoms. The van der Waals surface area contributed by atoms with Crippen molar-refractivity contribution in [2.75, 3.05) is 13.1 Å². The largest absolute Gasteiger partial charge is 0.352 e. The van der Waals surface area contributed by atoms with Gasteiger partial charge < -0.3 is 10.2 Å². The number of rotatable bonds is 3. The van der Waals surface area contributed by atoms with Crippen molar-refractivity contribution in [3.05, 3.63) is 0 Å². The summed E-state index contributed by atoms with van der Waals surface area (Å²) in [5.41, 5.74) is 0. The molecule has 1 saturated heterocycles. The van der Waals surface area contributed by atoms with Crippen LogP contribution in [0.2, 0.25) is 0 Å². The minimum Gasteiger partial charge on any atom is -0.352 e. The van der Waals surface area contributed by atoms with Crippen molar-refractivity contribution in [3.63, 3.8) is 0 Å². The summed E-state index contributed by atoms with van der Waals surface area (Å²) in [4.78, 5) is 14.0. The molecule has 0 aromatic heterocycles. The summed E-state index contributed by atoms with van der Waals surface area (Å²) < 4.78 is 0. The third-order valence-corrected chi connectivity index (χ3v) is 3.79. The van der Waals surface area contributed by atoms with Gasteiger partial charge in [0.1, 0.15) is 0 Å². The fourth-order valence-electron chi connectivity index (χ4n) is 2.53. The van der Waals surface area contributed by atoms with Gasteiger partial charge in [-0.25, -0.2) is 0 Å². The van der Waals surface area contributed by atoms with Gasteiger partial charge in [0.05, 0.1) is 0 Å². The number of piperidine rings is 1. The minimum atomic E-state index is 0.118. The van der Waals surface area contributed by atoms with Gasteiger partial charge >= 0.3 is 0 Å². The van der Waals surface area contributed by atoms with Gasteiger partial charge in [-0.15, -0.1) is 0 Å². The number of nitrogens with one attached hydrogen (secondary N) is 1. The van der Waals surface area contributed by atoms with Crippen LogP contribution in [0.25, 0.3) is 0 Å². The van der Waals surface area contributed by atoms with E-state index in [1.165, 1.54) is 13.1 Å². The van der Waals surface area contributed by atoms with Crippen LogP contribution in [0, 0.1) is 17.8 Å². The van der Waals surface area contributed by atoms with Crippen molar-refractivity contribution in [1.82, 2.24) is 10.2 Å². The van der Waals surface area contributed by atoms with E-state index in [0.717, 1.165) is 11.8 Å². The first kappa shape index (κ1) is 10.9. The van der Waals surface area contributed by atoms with Gasteiger partial charge in [0, 0.05) is 31.1 Å². The van der Waals surface area contributed by atoms with Crippen LogP contribution in [0.4, 0.5) is 0 Å². The van der Waals surface area contributed by atoms with Gasteiger partial charge in [-0.3, -0.25) is 4.79 Å². The van der Waals surface area contributed by atoms with E-state index in [9.17, 15) is 4.79 Å². The molecular formula is C12H22N2O. The van der Waals surface area contributed by atoms with E-state index >= 15 is 0 Å². The molecule has 1 heterocycles. The first-order valence-electron chi connectivity index (χ1n) is 6.05. The monoisotopic (exact) mass is 210 g/mol. The maximum atomic E-state index is 11.5. The van der Waals surface area contributed by atoms with Crippen molar-refractivity contribution in [2.24, 2.45) is 17.8 Å². The molecule has 0 aromatic rings. The summed E-state index contributed by atoms with van der Waals surface area (Å²) in [6, 6.07) is 1.13. The quantitative estimate of drug-likeness (QED) is 0.756. The standard InChI is InChI=1S/C12H22N2O/c1-7(2)12(15)13-11-9-5-14(8(3)4)6-10(9)11/h7-11H,5-6H2,1-4H3,(H,13,15). The number of hydrogen-bond donors (Lipinski definition) is 1. The van der Waals surface area contributed by atoms with Gasteiger partial charge in [-0.05, 0) is 25.7 Å². The Morgan fingerprint density at radius 3 is 2.13 bits per heavy atom. The average Bonchev–Trinajstić information content (AvgIpc) is 2.62. The van der Waals surface area contributed by atoms with Gasteiger partial charge in [0.25, 0.3) is 0 Å². The Bertz CT molecular complexity index is 250. The highest BCUT2D eigenvalue weighted by Gasteiger charge is 2.56. The van der Waals surface area contributed by atoms with Crippen molar-refractivity contribution in [2.45, 2.75) is 39.8 Å². The lowest BCUT2D eigenvalue weighted by Gasteiger charge is -2.23. The van der Waals surface area contributed by atoms with Crippen LogP contribution in [-0.2, 0) is 4.79 Å². The maximum Gasteiger partial charge on any atom is 0.222 e. The Kier molecular flexibility index (Phi) is 2.75. The second-order valence-electron chi connectivity index (χ2n) is 5.56. The van der Waals surface area contributed by atoms with Gasteiger partial charge in [-0.1, -0.05) is 13.8 Å². The maximum absolute atomic E-state index is 11.5. The van der Waals surface area contributed by atoms with Crippen molar-refractivity contribution in [3.8, 4) is 0 Å². The van der Waals surface area contributed by atoms with Crippen molar-refractivity contribution < 1.29 is 4.79 Å². The highest BCUT2D eigenvalue weighted by atomic mass is 16.2. The molecule has 1 saturated carbocycles. The molecule has 2 fully saturated rings. The lowest BCUT2D eigenvalue weighted by Crippen LogP contribution is -2.38. The summed E-state index contributed by atoms with van der Waals surface area (Å²) in [6.07, 6.45) is 0. The number of amides is 1. The predicted molar refractivity (Wildman–Crippen MR) is 60.5 cm³/mol. The Balaban J connectivity index is 1.78. The number of hydrogen-bond acceptors (Lipinski definition) is 2. The highest BCUT2D eigenvalue weighted by Crippen LogP contribution is 2.46. The predicted octanol–water partition coefficient (Wildman–Crippen LogP) is 1.10. The molecule has 86 valence electrons. The van der Waals surface area contributed by atoms with Crippen molar-refractivity contribution in [1.29, 1.82) is 0 Å². The van der Waals surface area contributed by atoms with Gasteiger partial charge in [-0.2, -0.15) is 0 Å². The smallest absolute Gasteiger partial charge is 0.222 e. The Hall–Kier alpha value is -0.570. The van der Waals surface area contributed by atoms with Gasteiger partial charge in [0.2, 0.25) is 5.91 Å². The SMILES string of the molecule is CC(C)C(=O)NC1C2CN(C(C)C)CC21. The molecule has 2 atom stereocenters. The minimum absolute atomic E-state index is 0.118. The number of likely N-dealkylation sites (tertiary alicyclic amines) is 1. The van der Waals surface area contributed by atoms with Crippen LogP contribution < -0.4 is 5.32 Å². The van der Waals surface area contributed by atoms with E-state index in [2.05, 4.69) is 24.1 Å². The Labute approximate surface area is 92.2 Å². The van der Waals surface area contributed by atoms with E-state index in [0.29, 0.717) is 12.1 Å². The van der Waals surface area contributed by atoms with Crippen LogP contribution in [0.5, 0.6) is 0 Å². The molecular weight excluding hydrogens is 188 g/mol. The van der Waals surface area contributed by atoms with E-state index < -0.39 is 0 Å². The molecule has 2 aliphatic rings. The first-order valence-corrected chi connectivity index (χ1v) is 6.05. The van der Waals surface area contributed by atoms with Crippen molar-refractivity contribution >= 4 is 5.91 Å². The Morgan fingerprint density at radius 2 is 1.73 bits per heavy atom. The normalized spacial score (nSPS) is 34.7. The molecule has 0 spiro atoms. The molecule has 0 radical (unpaired) electrons. The van der Waals surface area contributed by atoms with Crippen LogP contribution >= 0.6 is 0 Å². The Morgan fingerprint density at radius 1 is 1.20 bits per heavy atom. The summed E-state index contributed by atoms with van der Waals surface area (Å²) in [7, 11) is 0. The zero-order valence-electron chi connectivity index (χ0n) is 10.2. The third kappa shape index (κ3) is 2.03. The lowest BCUT2D eigenvalue weighted by atomic mass is 10.2. The molecule has 1 aliphatic carbocycles. The summed E-state index contributed by atoms with van der Waals surface area (Å²) in [5.74, 6) is 1.79. The molecule has 1 aliphatic heterocycles. The number of nitrogens with zero attached hydrogens (tertiary/aromatic N) is 1. The fraction of sp³-hybridized carbons (Fsp3) is 0.917. The van der Waals surface area contributed by atoms with Crippen LogP contribution in [0.1, 0.15) is 27.7 Å². The van der Waals surface area contributed by atoms with E-state index in [1.807, 2.05) is 13.8 Å². The average molecular weight is 210 g/mol. The molecule has 2 rings (SSSR count). The summed E-state index contributed by atoms with van der Waals surface area (Å²) in [5, 5.41) is 3.15. The molecule has 1 amide bonds. The zero-order valence-corrected chi connectivity index (χ0v) is 10.2.